The second-order valence-electron chi connectivity index (χ2n) is 4.72. The zero-order chi connectivity index (χ0) is 14.1. The van der Waals surface area contributed by atoms with Crippen LogP contribution in [0, 0.1) is 0 Å². The maximum atomic E-state index is 5.38. The van der Waals surface area contributed by atoms with Crippen molar-refractivity contribution in [3.8, 4) is 5.75 Å². The Morgan fingerprint density at radius 3 is 2.63 bits per heavy atom. The van der Waals surface area contributed by atoms with Crippen LogP contribution in [-0.2, 0) is 11.3 Å². The molecule has 0 saturated carbocycles. The van der Waals surface area contributed by atoms with Crippen LogP contribution < -0.4 is 10.1 Å². The first-order valence-corrected chi connectivity index (χ1v) is 6.74. The van der Waals surface area contributed by atoms with E-state index in [0.29, 0.717) is 6.04 Å². The summed E-state index contributed by atoms with van der Waals surface area (Å²) in [4.78, 5) is 2.28. The van der Waals surface area contributed by atoms with E-state index in [9.17, 15) is 0 Å². The van der Waals surface area contributed by atoms with Crippen molar-refractivity contribution in [3.05, 3.63) is 29.8 Å². The highest BCUT2D eigenvalue weighted by molar-refractivity contribution is 5.32. The molecule has 0 aliphatic heterocycles. The third-order valence-corrected chi connectivity index (χ3v) is 3.03. The molecule has 1 atom stereocenters. The van der Waals surface area contributed by atoms with Gasteiger partial charge in [0.05, 0.1) is 13.7 Å². The molecule has 0 radical (unpaired) electrons. The average molecular weight is 266 g/mol. The Hall–Kier alpha value is -1.10. The SMILES string of the molecule is CCNC(COC)CN(C)Cc1ccccc1OC. The molecule has 0 aliphatic carbocycles. The van der Waals surface area contributed by atoms with E-state index in [1.807, 2.05) is 18.2 Å². The summed E-state index contributed by atoms with van der Waals surface area (Å²) in [6.07, 6.45) is 0. The molecule has 0 amide bonds. The van der Waals surface area contributed by atoms with E-state index in [1.165, 1.54) is 5.56 Å². The van der Waals surface area contributed by atoms with Crippen molar-refractivity contribution in [3.63, 3.8) is 0 Å². The molecule has 0 aromatic heterocycles. The molecule has 0 saturated heterocycles. The fourth-order valence-corrected chi connectivity index (χ4v) is 2.23. The number of methoxy groups -OCH3 is 2. The van der Waals surface area contributed by atoms with Crippen LogP contribution in [-0.4, -0.2) is 51.9 Å². The summed E-state index contributed by atoms with van der Waals surface area (Å²) < 4.78 is 10.6. The van der Waals surface area contributed by atoms with Crippen LogP contribution in [0.5, 0.6) is 5.75 Å². The molecule has 4 nitrogen and oxygen atoms in total. The number of likely N-dealkylation sites (N-methyl/N-ethyl adjacent to an activating group) is 2. The lowest BCUT2D eigenvalue weighted by atomic mass is 10.2. The second kappa shape index (κ2) is 8.91. The number of ether oxygens (including phenoxy) is 2. The van der Waals surface area contributed by atoms with Crippen molar-refractivity contribution in [1.82, 2.24) is 10.2 Å². The molecule has 1 N–H and O–H groups in total. The summed E-state index contributed by atoms with van der Waals surface area (Å²) >= 11 is 0. The Bertz CT molecular complexity index is 352. The highest BCUT2D eigenvalue weighted by Crippen LogP contribution is 2.18. The van der Waals surface area contributed by atoms with Gasteiger partial charge in [-0.1, -0.05) is 25.1 Å². The van der Waals surface area contributed by atoms with Crippen LogP contribution in [0.2, 0.25) is 0 Å². The topological polar surface area (TPSA) is 33.7 Å². The van der Waals surface area contributed by atoms with E-state index in [1.54, 1.807) is 14.2 Å². The third kappa shape index (κ3) is 5.59. The Morgan fingerprint density at radius 2 is 2.00 bits per heavy atom. The lowest BCUT2D eigenvalue weighted by Crippen LogP contribution is -2.42. The van der Waals surface area contributed by atoms with Crippen LogP contribution in [0.1, 0.15) is 12.5 Å². The molecule has 1 unspecified atom stereocenters. The molecule has 1 aromatic carbocycles. The molecule has 4 heteroatoms. The minimum Gasteiger partial charge on any atom is -0.496 e. The van der Waals surface area contributed by atoms with Gasteiger partial charge >= 0.3 is 0 Å². The summed E-state index contributed by atoms with van der Waals surface area (Å²) in [5, 5.41) is 3.43. The minimum atomic E-state index is 0.356. The Balaban J connectivity index is 2.55. The molecule has 0 spiro atoms. The maximum absolute atomic E-state index is 5.38. The minimum absolute atomic E-state index is 0.356. The van der Waals surface area contributed by atoms with Gasteiger partial charge in [-0.15, -0.1) is 0 Å². The predicted octanol–water partition coefficient (Wildman–Crippen LogP) is 1.75. The fraction of sp³-hybridized carbons (Fsp3) is 0.600. The third-order valence-electron chi connectivity index (χ3n) is 3.03. The van der Waals surface area contributed by atoms with Crippen LogP contribution in [0.4, 0.5) is 0 Å². The van der Waals surface area contributed by atoms with Gasteiger partial charge in [0.2, 0.25) is 0 Å². The fourth-order valence-electron chi connectivity index (χ4n) is 2.23. The monoisotopic (exact) mass is 266 g/mol. The molecule has 19 heavy (non-hydrogen) atoms. The molecular formula is C15H26N2O2. The summed E-state index contributed by atoms with van der Waals surface area (Å²) in [5.41, 5.74) is 1.21. The zero-order valence-electron chi connectivity index (χ0n) is 12.5. The average Bonchev–Trinajstić information content (AvgIpc) is 2.40. The largest absolute Gasteiger partial charge is 0.496 e. The first-order valence-electron chi connectivity index (χ1n) is 6.74. The number of para-hydroxylation sites is 1. The van der Waals surface area contributed by atoms with Crippen LogP contribution >= 0.6 is 0 Å². The van der Waals surface area contributed by atoms with Gasteiger partial charge in [0.15, 0.2) is 0 Å². The molecule has 0 heterocycles. The molecular weight excluding hydrogens is 240 g/mol. The molecule has 108 valence electrons. The van der Waals surface area contributed by atoms with E-state index < -0.39 is 0 Å². The number of hydrogen-bond donors (Lipinski definition) is 1. The Labute approximate surface area is 116 Å². The van der Waals surface area contributed by atoms with Gasteiger partial charge in [0.25, 0.3) is 0 Å². The summed E-state index contributed by atoms with van der Waals surface area (Å²) in [6, 6.07) is 8.50. The van der Waals surface area contributed by atoms with E-state index >= 15 is 0 Å². The quantitative estimate of drug-likeness (QED) is 0.738. The Morgan fingerprint density at radius 1 is 1.26 bits per heavy atom. The number of benzene rings is 1. The summed E-state index contributed by atoms with van der Waals surface area (Å²) in [6.45, 7) is 5.61. The van der Waals surface area contributed by atoms with Crippen LogP contribution in [0.25, 0.3) is 0 Å². The van der Waals surface area contributed by atoms with E-state index in [-0.39, 0.29) is 0 Å². The molecule has 1 rings (SSSR count). The van der Waals surface area contributed by atoms with Crippen molar-refractivity contribution in [2.45, 2.75) is 19.5 Å². The molecule has 1 aromatic rings. The first kappa shape index (κ1) is 16.0. The lowest BCUT2D eigenvalue weighted by Gasteiger charge is -2.24. The van der Waals surface area contributed by atoms with Crippen LogP contribution in [0.3, 0.4) is 0 Å². The van der Waals surface area contributed by atoms with Gasteiger partial charge in [-0.2, -0.15) is 0 Å². The second-order valence-corrected chi connectivity index (χ2v) is 4.72. The lowest BCUT2D eigenvalue weighted by molar-refractivity contribution is 0.144. The number of rotatable bonds is 9. The van der Waals surface area contributed by atoms with Crippen LogP contribution in [0.15, 0.2) is 24.3 Å². The van der Waals surface area contributed by atoms with Gasteiger partial charge in [0, 0.05) is 31.8 Å². The number of nitrogens with zero attached hydrogens (tertiary/aromatic N) is 1. The van der Waals surface area contributed by atoms with Crippen molar-refractivity contribution in [2.75, 3.05) is 41.0 Å². The van der Waals surface area contributed by atoms with Crippen molar-refractivity contribution in [1.29, 1.82) is 0 Å². The Kier molecular flexibility index (Phi) is 7.48. The molecule has 0 bridgehead atoms. The van der Waals surface area contributed by atoms with E-state index in [2.05, 4.69) is 30.3 Å². The van der Waals surface area contributed by atoms with Crippen molar-refractivity contribution < 1.29 is 9.47 Å². The van der Waals surface area contributed by atoms with Gasteiger partial charge in [0.1, 0.15) is 5.75 Å². The number of hydrogen-bond acceptors (Lipinski definition) is 4. The van der Waals surface area contributed by atoms with Gasteiger partial charge in [-0.25, -0.2) is 0 Å². The zero-order valence-corrected chi connectivity index (χ0v) is 12.5. The van der Waals surface area contributed by atoms with Crippen molar-refractivity contribution >= 4 is 0 Å². The highest BCUT2D eigenvalue weighted by Gasteiger charge is 2.12. The van der Waals surface area contributed by atoms with Gasteiger partial charge in [-0.05, 0) is 19.7 Å². The van der Waals surface area contributed by atoms with E-state index in [4.69, 9.17) is 9.47 Å². The predicted molar refractivity (Wildman–Crippen MR) is 78.7 cm³/mol. The van der Waals surface area contributed by atoms with Gasteiger partial charge in [-0.3, -0.25) is 0 Å². The standard InChI is InChI=1S/C15H26N2O2/c1-5-16-14(12-18-3)11-17(2)10-13-8-6-7-9-15(13)19-4/h6-9,14,16H,5,10-12H2,1-4H3. The van der Waals surface area contributed by atoms with Crippen molar-refractivity contribution in [2.24, 2.45) is 0 Å². The molecule has 0 aliphatic rings. The summed E-state index contributed by atoms with van der Waals surface area (Å²) in [5.74, 6) is 0.945. The van der Waals surface area contributed by atoms with E-state index in [0.717, 1.165) is 32.0 Å². The summed E-state index contributed by atoms with van der Waals surface area (Å²) in [7, 11) is 5.57. The first-order chi connectivity index (χ1) is 9.21. The maximum Gasteiger partial charge on any atom is 0.123 e. The highest BCUT2D eigenvalue weighted by atomic mass is 16.5. The molecule has 0 fully saturated rings. The van der Waals surface area contributed by atoms with Gasteiger partial charge < -0.3 is 19.7 Å². The number of nitrogens with one attached hydrogen (secondary N) is 1. The smallest absolute Gasteiger partial charge is 0.123 e. The normalized spacial score (nSPS) is 12.7.